The average molecular weight is 459 g/mol. The van der Waals surface area contributed by atoms with Crippen LogP contribution >= 0.6 is 0 Å². The molecule has 0 bridgehead atoms. The molecule has 0 aromatic heterocycles. The first kappa shape index (κ1) is 23.6. The Hall–Kier alpha value is -2.56. The van der Waals surface area contributed by atoms with E-state index in [1.807, 2.05) is 6.08 Å². The molecule has 2 saturated carbocycles. The Bertz CT molecular complexity index is 1040. The largest absolute Gasteiger partial charge is 0.486 e. The van der Waals surface area contributed by atoms with Crippen LogP contribution in [0, 0.1) is 41.0 Å². The van der Waals surface area contributed by atoms with E-state index in [2.05, 4.69) is 6.58 Å². The third-order valence-electron chi connectivity index (χ3n) is 7.45. The van der Waals surface area contributed by atoms with Gasteiger partial charge in [0.15, 0.2) is 23.2 Å². The highest BCUT2D eigenvalue weighted by Crippen LogP contribution is 2.48. The van der Waals surface area contributed by atoms with Crippen molar-refractivity contribution in [2.45, 2.75) is 51.4 Å². The van der Waals surface area contributed by atoms with Crippen LogP contribution in [0.3, 0.4) is 0 Å². The molecule has 0 saturated heterocycles. The van der Waals surface area contributed by atoms with Gasteiger partial charge in [0, 0.05) is 11.1 Å². The summed E-state index contributed by atoms with van der Waals surface area (Å²) in [5.41, 5.74) is -0.263. The van der Waals surface area contributed by atoms with Crippen LogP contribution in [-0.4, -0.2) is 6.61 Å². The van der Waals surface area contributed by atoms with Gasteiger partial charge in [-0.1, -0.05) is 30.4 Å². The van der Waals surface area contributed by atoms with Gasteiger partial charge in [0.25, 0.3) is 0 Å². The lowest BCUT2D eigenvalue weighted by molar-refractivity contribution is 0.132. The molecule has 0 aliphatic heterocycles. The molecule has 2 aromatic rings. The second kappa shape index (κ2) is 10.1. The maximum absolute atomic E-state index is 15.2. The highest BCUT2D eigenvalue weighted by atomic mass is 19.2. The van der Waals surface area contributed by atoms with Crippen LogP contribution in [-0.2, 0) is 0 Å². The monoisotopic (exact) mass is 458 g/mol. The molecular weight excluding hydrogens is 428 g/mol. The van der Waals surface area contributed by atoms with E-state index in [-0.39, 0.29) is 29.4 Å². The summed E-state index contributed by atoms with van der Waals surface area (Å²) in [6, 6.07) is 5.38. The van der Waals surface area contributed by atoms with E-state index in [4.69, 9.17) is 4.74 Å². The highest BCUT2D eigenvalue weighted by Gasteiger charge is 2.36. The number of hydrogen-bond acceptors (Lipinski definition) is 1. The smallest absolute Gasteiger partial charge is 0.201 e. The Kier molecular flexibility index (Phi) is 7.26. The van der Waals surface area contributed by atoms with Crippen LogP contribution in [0.2, 0.25) is 0 Å². The molecule has 2 aromatic carbocycles. The number of rotatable bonds is 6. The SMILES string of the molecule is C=CC1CCC2CC(c3ccc(-c4ccc(OC/C=C/C)c(F)c4F)c(F)c3F)CCC2C1. The lowest BCUT2D eigenvalue weighted by Crippen LogP contribution is -2.30. The van der Waals surface area contributed by atoms with Crippen molar-refractivity contribution < 1.29 is 22.3 Å². The molecule has 0 N–H and O–H groups in total. The van der Waals surface area contributed by atoms with Gasteiger partial charge in [-0.25, -0.2) is 13.2 Å². The van der Waals surface area contributed by atoms with E-state index in [1.165, 1.54) is 18.2 Å². The first-order chi connectivity index (χ1) is 15.9. The average Bonchev–Trinajstić information content (AvgIpc) is 2.83. The van der Waals surface area contributed by atoms with Gasteiger partial charge >= 0.3 is 0 Å². The summed E-state index contributed by atoms with van der Waals surface area (Å²) in [6.45, 7) is 5.79. The quantitative estimate of drug-likeness (QED) is 0.312. The van der Waals surface area contributed by atoms with Gasteiger partial charge in [-0.15, -0.1) is 6.58 Å². The van der Waals surface area contributed by atoms with Gasteiger partial charge in [-0.2, -0.15) is 4.39 Å². The second-order valence-corrected chi connectivity index (χ2v) is 9.29. The summed E-state index contributed by atoms with van der Waals surface area (Å²) >= 11 is 0. The number of benzene rings is 2. The first-order valence-corrected chi connectivity index (χ1v) is 11.8. The molecule has 0 radical (unpaired) electrons. The fourth-order valence-corrected chi connectivity index (χ4v) is 5.60. The predicted molar refractivity (Wildman–Crippen MR) is 123 cm³/mol. The van der Waals surface area contributed by atoms with Crippen molar-refractivity contribution in [1.29, 1.82) is 0 Å². The van der Waals surface area contributed by atoms with E-state index in [0.717, 1.165) is 38.5 Å². The van der Waals surface area contributed by atoms with Gasteiger partial charge in [0.05, 0.1) is 0 Å². The summed E-state index contributed by atoms with van der Waals surface area (Å²) in [5, 5.41) is 0. The van der Waals surface area contributed by atoms with E-state index in [0.29, 0.717) is 23.3 Å². The number of halogens is 4. The Labute approximate surface area is 193 Å². The van der Waals surface area contributed by atoms with Crippen LogP contribution in [0.4, 0.5) is 17.6 Å². The molecule has 176 valence electrons. The zero-order chi connectivity index (χ0) is 23.5. The maximum atomic E-state index is 15.2. The minimum Gasteiger partial charge on any atom is -0.486 e. The standard InChI is InChI=1S/C28H30F4O/c1-3-5-14-33-24-13-12-23(27(31)28(24)32)22-11-10-21(25(29)26(22)30)20-9-8-18-15-17(4-2)6-7-19(18)16-20/h3-5,10-13,17-20H,2,6-9,14-16H2,1H3/b5-3+. The van der Waals surface area contributed by atoms with Crippen LogP contribution in [0.1, 0.15) is 56.9 Å². The van der Waals surface area contributed by atoms with Crippen molar-refractivity contribution in [1.82, 2.24) is 0 Å². The zero-order valence-corrected chi connectivity index (χ0v) is 18.9. The molecule has 0 amide bonds. The Morgan fingerprint density at radius 1 is 0.848 bits per heavy atom. The predicted octanol–water partition coefficient (Wildman–Crippen LogP) is 8.35. The minimum absolute atomic E-state index is 0.0564. The van der Waals surface area contributed by atoms with Crippen molar-refractivity contribution in [3.63, 3.8) is 0 Å². The molecule has 4 rings (SSSR count). The highest BCUT2D eigenvalue weighted by molar-refractivity contribution is 5.66. The Balaban J connectivity index is 1.56. The number of ether oxygens (including phenoxy) is 1. The first-order valence-electron chi connectivity index (χ1n) is 11.8. The number of hydrogen-bond donors (Lipinski definition) is 0. The number of fused-ring (bicyclic) bond motifs is 1. The molecule has 4 atom stereocenters. The Morgan fingerprint density at radius 2 is 1.52 bits per heavy atom. The van der Waals surface area contributed by atoms with Crippen LogP contribution < -0.4 is 4.74 Å². The summed E-state index contributed by atoms with van der Waals surface area (Å²) in [4.78, 5) is 0. The molecule has 2 aliphatic carbocycles. The molecule has 2 aliphatic rings. The summed E-state index contributed by atoms with van der Waals surface area (Å²) < 4.78 is 64.6. The van der Waals surface area contributed by atoms with Gasteiger partial charge < -0.3 is 4.74 Å². The third-order valence-corrected chi connectivity index (χ3v) is 7.45. The normalized spacial score (nSPS) is 25.1. The maximum Gasteiger partial charge on any atom is 0.201 e. The molecule has 0 heterocycles. The van der Waals surface area contributed by atoms with Crippen LogP contribution in [0.25, 0.3) is 11.1 Å². The lowest BCUT2D eigenvalue weighted by atomic mass is 9.64. The summed E-state index contributed by atoms with van der Waals surface area (Å²) in [5.74, 6) is -3.18. The van der Waals surface area contributed by atoms with Crippen molar-refractivity contribution in [3.8, 4) is 16.9 Å². The van der Waals surface area contributed by atoms with Crippen molar-refractivity contribution in [2.24, 2.45) is 17.8 Å². The topological polar surface area (TPSA) is 9.23 Å². The second-order valence-electron chi connectivity index (χ2n) is 9.29. The molecular formula is C28H30F4O. The molecule has 4 unspecified atom stereocenters. The van der Waals surface area contributed by atoms with Crippen molar-refractivity contribution in [3.05, 3.63) is 77.9 Å². The van der Waals surface area contributed by atoms with Crippen molar-refractivity contribution in [2.75, 3.05) is 6.61 Å². The molecule has 2 fully saturated rings. The molecule has 1 nitrogen and oxygen atoms in total. The van der Waals surface area contributed by atoms with Gasteiger partial charge in [-0.3, -0.25) is 0 Å². The minimum atomic E-state index is -1.25. The van der Waals surface area contributed by atoms with Crippen molar-refractivity contribution >= 4 is 0 Å². The molecule has 0 spiro atoms. The van der Waals surface area contributed by atoms with E-state index < -0.39 is 23.3 Å². The van der Waals surface area contributed by atoms with Crippen LogP contribution in [0.15, 0.2) is 49.1 Å². The van der Waals surface area contributed by atoms with Crippen LogP contribution in [0.5, 0.6) is 5.75 Å². The zero-order valence-electron chi connectivity index (χ0n) is 18.9. The summed E-state index contributed by atoms with van der Waals surface area (Å²) in [7, 11) is 0. The van der Waals surface area contributed by atoms with Gasteiger partial charge in [-0.05, 0) is 86.8 Å². The van der Waals surface area contributed by atoms with Gasteiger partial charge in [0.1, 0.15) is 6.61 Å². The van der Waals surface area contributed by atoms with E-state index in [1.54, 1.807) is 25.1 Å². The Morgan fingerprint density at radius 3 is 2.24 bits per heavy atom. The number of allylic oxidation sites excluding steroid dienone is 2. The van der Waals surface area contributed by atoms with E-state index in [9.17, 15) is 8.78 Å². The lowest BCUT2D eigenvalue weighted by Gasteiger charge is -2.41. The van der Waals surface area contributed by atoms with E-state index >= 15 is 8.78 Å². The third kappa shape index (κ3) is 4.73. The fourth-order valence-electron chi connectivity index (χ4n) is 5.60. The molecule has 33 heavy (non-hydrogen) atoms. The fraction of sp³-hybridized carbons (Fsp3) is 0.429. The van der Waals surface area contributed by atoms with Gasteiger partial charge in [0.2, 0.25) is 5.82 Å². The molecule has 5 heteroatoms. The summed E-state index contributed by atoms with van der Waals surface area (Å²) in [6.07, 6.45) is 11.4.